The lowest BCUT2D eigenvalue weighted by molar-refractivity contribution is 0.672. The first-order valence-electron chi connectivity index (χ1n) is 21.9. The SMILES string of the molecule is [2H]c1c([2H])c(N(c2ccc(-c3cccc(-c4cccc5ccccc45)c3)cc2)c2cccc3oc4c5ccccc5ccc4c23)c([2H])c(-n2c3ccccc3c3ccccc32)c1[2H]. The highest BCUT2D eigenvalue weighted by molar-refractivity contribution is 6.19. The molecule has 3 nitrogen and oxygen atoms in total. The fourth-order valence-corrected chi connectivity index (χ4v) is 8.97. The Kier molecular flexibility index (Phi) is 6.65. The van der Waals surface area contributed by atoms with Gasteiger partial charge in [0, 0.05) is 38.6 Å². The summed E-state index contributed by atoms with van der Waals surface area (Å²) < 4.78 is 47.2. The van der Waals surface area contributed by atoms with Gasteiger partial charge in [0.1, 0.15) is 11.2 Å². The molecule has 0 saturated heterocycles. The Morgan fingerprint density at radius 1 is 0.458 bits per heavy atom. The standard InChI is InChI=1S/C56H36N2O/c1-3-20-45-38(13-1)15-10-24-46(45)41-17-9-16-40(35-41)37-29-32-42(33-30-37)57(53-27-12-28-54-55(53)50-34-31-39-14-2-4-21-47(39)56(50)59-54)43-18-11-19-44(36-43)58-51-25-7-5-22-48(51)49-23-6-8-26-52(49)58/h1-36H/i11D,18D,19D,36D. The molecule has 0 atom stereocenters. The van der Waals surface area contributed by atoms with Crippen LogP contribution in [0.2, 0.25) is 0 Å². The van der Waals surface area contributed by atoms with Crippen molar-refractivity contribution in [2.24, 2.45) is 0 Å². The quantitative estimate of drug-likeness (QED) is 0.168. The molecule has 12 rings (SSSR count). The zero-order chi connectivity index (χ0) is 42.3. The van der Waals surface area contributed by atoms with Crippen molar-refractivity contribution in [3.8, 4) is 27.9 Å². The molecule has 59 heavy (non-hydrogen) atoms. The Balaban J connectivity index is 1.10. The highest BCUT2D eigenvalue weighted by Crippen LogP contribution is 2.45. The van der Waals surface area contributed by atoms with Gasteiger partial charge >= 0.3 is 0 Å². The molecule has 0 spiro atoms. The number of hydrogen-bond donors (Lipinski definition) is 0. The predicted octanol–water partition coefficient (Wildman–Crippen LogP) is 15.8. The molecule has 276 valence electrons. The summed E-state index contributed by atoms with van der Waals surface area (Å²) in [6.07, 6.45) is 0. The molecule has 0 radical (unpaired) electrons. The van der Waals surface area contributed by atoms with Gasteiger partial charge in [0.05, 0.1) is 27.6 Å². The summed E-state index contributed by atoms with van der Waals surface area (Å²) in [4.78, 5) is 1.92. The van der Waals surface area contributed by atoms with E-state index in [1.165, 1.54) is 16.3 Å². The molecule has 0 bridgehead atoms. The molecule has 0 fully saturated rings. The summed E-state index contributed by atoms with van der Waals surface area (Å²) >= 11 is 0. The molecular formula is C56H36N2O. The lowest BCUT2D eigenvalue weighted by atomic mass is 9.95. The lowest BCUT2D eigenvalue weighted by Gasteiger charge is -2.27. The van der Waals surface area contributed by atoms with Crippen molar-refractivity contribution >= 4 is 82.4 Å². The van der Waals surface area contributed by atoms with Crippen LogP contribution in [-0.2, 0) is 0 Å². The molecule has 0 saturated carbocycles. The van der Waals surface area contributed by atoms with Crippen LogP contribution in [0.1, 0.15) is 5.48 Å². The van der Waals surface area contributed by atoms with Crippen LogP contribution >= 0.6 is 0 Å². The van der Waals surface area contributed by atoms with Crippen LogP contribution in [0.3, 0.4) is 0 Å². The monoisotopic (exact) mass is 756 g/mol. The molecule has 2 heterocycles. The lowest BCUT2D eigenvalue weighted by Crippen LogP contribution is -2.11. The summed E-state index contributed by atoms with van der Waals surface area (Å²) in [7, 11) is 0. The maximum atomic E-state index is 10.2. The summed E-state index contributed by atoms with van der Waals surface area (Å²) in [6, 6.07) is 65.1. The third kappa shape index (κ3) is 5.36. The minimum Gasteiger partial charge on any atom is -0.455 e. The molecule has 10 aromatic carbocycles. The minimum atomic E-state index is -0.264. The third-order valence-corrected chi connectivity index (χ3v) is 11.7. The van der Waals surface area contributed by atoms with Crippen LogP contribution in [0.4, 0.5) is 17.1 Å². The van der Waals surface area contributed by atoms with E-state index in [1.54, 1.807) is 0 Å². The first-order valence-corrected chi connectivity index (χ1v) is 19.9. The van der Waals surface area contributed by atoms with Gasteiger partial charge in [-0.1, -0.05) is 152 Å². The molecule has 0 unspecified atom stereocenters. The highest BCUT2D eigenvalue weighted by atomic mass is 16.3. The van der Waals surface area contributed by atoms with Crippen LogP contribution in [0.5, 0.6) is 0 Å². The average Bonchev–Trinajstić information content (AvgIpc) is 3.89. The summed E-state index contributed by atoms with van der Waals surface area (Å²) in [6.45, 7) is 0. The number of nitrogens with zero attached hydrogens (tertiary/aromatic N) is 2. The molecule has 0 amide bonds. The Hall–Kier alpha value is -7.88. The molecule has 3 heteroatoms. The molecule has 12 aromatic rings. The third-order valence-electron chi connectivity index (χ3n) is 11.7. The summed E-state index contributed by atoms with van der Waals surface area (Å²) in [5, 5.41) is 8.12. The fourth-order valence-electron chi connectivity index (χ4n) is 8.97. The summed E-state index contributed by atoms with van der Waals surface area (Å²) in [5.74, 6) is 0. The van der Waals surface area contributed by atoms with Crippen LogP contribution in [0.25, 0.3) is 93.2 Å². The van der Waals surface area contributed by atoms with Crippen molar-refractivity contribution in [3.63, 3.8) is 0 Å². The van der Waals surface area contributed by atoms with Crippen molar-refractivity contribution in [1.29, 1.82) is 0 Å². The van der Waals surface area contributed by atoms with E-state index in [4.69, 9.17) is 4.42 Å². The minimum absolute atomic E-state index is 0.0328. The van der Waals surface area contributed by atoms with Gasteiger partial charge in [-0.25, -0.2) is 0 Å². The van der Waals surface area contributed by atoms with E-state index in [-0.39, 0.29) is 35.5 Å². The van der Waals surface area contributed by atoms with Crippen molar-refractivity contribution in [3.05, 3.63) is 218 Å². The predicted molar refractivity (Wildman–Crippen MR) is 249 cm³/mol. The van der Waals surface area contributed by atoms with Gasteiger partial charge in [0.25, 0.3) is 0 Å². The van der Waals surface area contributed by atoms with Crippen LogP contribution in [0.15, 0.2) is 223 Å². The Labute approximate surface area is 346 Å². The number of rotatable bonds is 6. The van der Waals surface area contributed by atoms with E-state index in [1.807, 2.05) is 100 Å². The maximum absolute atomic E-state index is 10.2. The number of para-hydroxylation sites is 2. The van der Waals surface area contributed by atoms with Crippen molar-refractivity contribution in [2.75, 3.05) is 4.90 Å². The first-order chi connectivity index (χ1) is 30.9. The fraction of sp³-hybridized carbons (Fsp3) is 0. The normalized spacial score (nSPS) is 12.7. The Morgan fingerprint density at radius 3 is 1.90 bits per heavy atom. The van der Waals surface area contributed by atoms with Gasteiger partial charge in [0.15, 0.2) is 0 Å². The van der Waals surface area contributed by atoms with Crippen molar-refractivity contribution in [1.82, 2.24) is 4.57 Å². The van der Waals surface area contributed by atoms with Crippen molar-refractivity contribution in [2.45, 2.75) is 0 Å². The van der Waals surface area contributed by atoms with Crippen LogP contribution in [-0.4, -0.2) is 4.57 Å². The Morgan fingerprint density at radius 2 is 1.10 bits per heavy atom. The Bertz CT molecular complexity index is 3750. The number of anilines is 3. The molecule has 0 aliphatic rings. The van der Waals surface area contributed by atoms with Gasteiger partial charge < -0.3 is 13.9 Å². The second kappa shape index (κ2) is 13.4. The second-order valence-corrected chi connectivity index (χ2v) is 15.0. The van der Waals surface area contributed by atoms with E-state index in [0.29, 0.717) is 17.0 Å². The highest BCUT2D eigenvalue weighted by Gasteiger charge is 2.22. The van der Waals surface area contributed by atoms with Gasteiger partial charge in [-0.2, -0.15) is 0 Å². The van der Waals surface area contributed by atoms with Gasteiger partial charge in [-0.05, 0) is 105 Å². The average molecular weight is 757 g/mol. The van der Waals surface area contributed by atoms with Crippen LogP contribution < -0.4 is 4.90 Å². The van der Waals surface area contributed by atoms with Gasteiger partial charge in [0.2, 0.25) is 0 Å². The number of hydrogen-bond acceptors (Lipinski definition) is 2. The van der Waals surface area contributed by atoms with E-state index in [9.17, 15) is 5.48 Å². The molecular weight excluding hydrogens is 717 g/mol. The zero-order valence-corrected chi connectivity index (χ0v) is 31.8. The number of aromatic nitrogens is 1. The van der Waals surface area contributed by atoms with E-state index in [0.717, 1.165) is 65.6 Å². The molecule has 0 aliphatic carbocycles. The maximum Gasteiger partial charge on any atom is 0.143 e. The van der Waals surface area contributed by atoms with E-state index >= 15 is 0 Å². The van der Waals surface area contributed by atoms with Crippen molar-refractivity contribution < 1.29 is 9.90 Å². The number of fused-ring (bicyclic) bond motifs is 9. The molecule has 2 aromatic heterocycles. The topological polar surface area (TPSA) is 21.3 Å². The molecule has 0 N–H and O–H groups in total. The second-order valence-electron chi connectivity index (χ2n) is 15.0. The zero-order valence-electron chi connectivity index (χ0n) is 35.8. The van der Waals surface area contributed by atoms with E-state index in [2.05, 4.69) is 103 Å². The van der Waals surface area contributed by atoms with Gasteiger partial charge in [-0.15, -0.1) is 0 Å². The first kappa shape index (κ1) is 29.4. The summed E-state index contributed by atoms with van der Waals surface area (Å²) in [5.41, 5.74) is 9.22. The molecule has 0 aliphatic heterocycles. The van der Waals surface area contributed by atoms with Gasteiger partial charge in [-0.3, -0.25) is 0 Å². The smallest absolute Gasteiger partial charge is 0.143 e. The van der Waals surface area contributed by atoms with E-state index < -0.39 is 0 Å². The largest absolute Gasteiger partial charge is 0.455 e. The number of benzene rings is 10. The van der Waals surface area contributed by atoms with Crippen LogP contribution in [0, 0.1) is 0 Å². The number of furan rings is 1.